The second-order valence-corrected chi connectivity index (χ2v) is 5.98. The Morgan fingerprint density at radius 1 is 1.29 bits per heavy atom. The monoisotopic (exact) mass is 293 g/mol. The van der Waals surface area contributed by atoms with Gasteiger partial charge in [0.05, 0.1) is 6.54 Å². The number of rotatable bonds is 4. The fraction of sp³-hybridized carbons (Fsp3) is 0.786. The number of carbonyl (C=O) groups is 1. The molecule has 3 rings (SSSR count). The van der Waals surface area contributed by atoms with Crippen molar-refractivity contribution < 1.29 is 9.53 Å². The van der Waals surface area contributed by atoms with Crippen LogP contribution < -0.4 is 0 Å². The van der Waals surface area contributed by atoms with Gasteiger partial charge in [-0.05, 0) is 19.8 Å². The molecule has 1 atom stereocenters. The van der Waals surface area contributed by atoms with Gasteiger partial charge in [0.25, 0.3) is 5.91 Å². The summed E-state index contributed by atoms with van der Waals surface area (Å²) >= 11 is 0. The molecule has 0 unspecified atom stereocenters. The molecule has 0 bridgehead atoms. The van der Waals surface area contributed by atoms with Crippen molar-refractivity contribution in [3.05, 3.63) is 12.7 Å². The molecule has 2 aliphatic rings. The van der Waals surface area contributed by atoms with Crippen molar-refractivity contribution in [3.8, 4) is 0 Å². The lowest BCUT2D eigenvalue weighted by atomic mass is 10.0. The van der Waals surface area contributed by atoms with Crippen LogP contribution in [-0.2, 0) is 16.1 Å². The molecule has 21 heavy (non-hydrogen) atoms. The quantitative estimate of drug-likeness (QED) is 0.781. The van der Waals surface area contributed by atoms with Gasteiger partial charge < -0.3 is 9.64 Å². The Morgan fingerprint density at radius 3 is 2.71 bits per heavy atom. The van der Waals surface area contributed by atoms with E-state index in [1.807, 2.05) is 16.5 Å². The van der Waals surface area contributed by atoms with E-state index in [0.717, 1.165) is 52.1 Å². The van der Waals surface area contributed by atoms with Crippen molar-refractivity contribution in [1.82, 2.24) is 24.6 Å². The number of nitrogens with zero attached hydrogens (tertiary/aromatic N) is 5. The highest BCUT2D eigenvalue weighted by atomic mass is 16.5. The van der Waals surface area contributed by atoms with Crippen LogP contribution in [0.5, 0.6) is 0 Å². The number of hydrogen-bond acceptors (Lipinski definition) is 5. The molecular formula is C14H23N5O2. The Hall–Kier alpha value is -1.47. The summed E-state index contributed by atoms with van der Waals surface area (Å²) in [5.41, 5.74) is -0.580. The highest BCUT2D eigenvalue weighted by Gasteiger charge is 2.41. The largest absolute Gasteiger partial charge is 0.365 e. The first-order chi connectivity index (χ1) is 10.2. The van der Waals surface area contributed by atoms with Gasteiger partial charge in [-0.3, -0.25) is 14.4 Å². The van der Waals surface area contributed by atoms with Gasteiger partial charge in [0.15, 0.2) is 0 Å². The third-order valence-electron chi connectivity index (χ3n) is 4.44. The molecular weight excluding hydrogens is 270 g/mol. The van der Waals surface area contributed by atoms with Crippen LogP contribution in [0.25, 0.3) is 0 Å². The van der Waals surface area contributed by atoms with Gasteiger partial charge in [-0.25, -0.2) is 4.98 Å². The molecule has 0 aliphatic carbocycles. The average Bonchev–Trinajstić information content (AvgIpc) is 3.17. The Labute approximate surface area is 124 Å². The van der Waals surface area contributed by atoms with Gasteiger partial charge in [-0.15, -0.1) is 0 Å². The summed E-state index contributed by atoms with van der Waals surface area (Å²) in [6.07, 6.45) is 5.12. The predicted molar refractivity (Wildman–Crippen MR) is 76.6 cm³/mol. The summed E-state index contributed by atoms with van der Waals surface area (Å²) in [5, 5.41) is 4.10. The third kappa shape index (κ3) is 3.24. The zero-order valence-electron chi connectivity index (χ0n) is 12.6. The fourth-order valence-electron chi connectivity index (χ4n) is 3.05. The summed E-state index contributed by atoms with van der Waals surface area (Å²) in [5.74, 6) is 0.163. The maximum absolute atomic E-state index is 12.5. The van der Waals surface area contributed by atoms with Crippen molar-refractivity contribution in [3.63, 3.8) is 0 Å². The Morgan fingerprint density at radius 2 is 2.10 bits per heavy atom. The van der Waals surface area contributed by atoms with Crippen molar-refractivity contribution in [2.45, 2.75) is 31.9 Å². The molecule has 2 fully saturated rings. The zero-order chi connectivity index (χ0) is 14.7. The summed E-state index contributed by atoms with van der Waals surface area (Å²) in [7, 11) is 0. The first-order valence-corrected chi connectivity index (χ1v) is 7.65. The lowest BCUT2D eigenvalue weighted by molar-refractivity contribution is -0.152. The molecule has 7 nitrogen and oxygen atoms in total. The molecule has 0 saturated carbocycles. The second kappa shape index (κ2) is 6.11. The minimum atomic E-state index is -0.580. The van der Waals surface area contributed by atoms with E-state index >= 15 is 0 Å². The van der Waals surface area contributed by atoms with Gasteiger partial charge in [-0.1, -0.05) is 0 Å². The zero-order valence-corrected chi connectivity index (χ0v) is 12.6. The van der Waals surface area contributed by atoms with Crippen LogP contribution >= 0.6 is 0 Å². The van der Waals surface area contributed by atoms with Crippen molar-refractivity contribution in [1.29, 1.82) is 0 Å². The van der Waals surface area contributed by atoms with Crippen LogP contribution in [0.4, 0.5) is 0 Å². The van der Waals surface area contributed by atoms with Gasteiger partial charge in [0.1, 0.15) is 18.3 Å². The highest BCUT2D eigenvalue weighted by Crippen LogP contribution is 2.27. The van der Waals surface area contributed by atoms with Crippen molar-refractivity contribution in [2.24, 2.45) is 0 Å². The summed E-state index contributed by atoms with van der Waals surface area (Å²) < 4.78 is 7.49. The van der Waals surface area contributed by atoms with Crippen LogP contribution in [0.3, 0.4) is 0 Å². The number of ether oxygens (including phenoxy) is 1. The average molecular weight is 293 g/mol. The van der Waals surface area contributed by atoms with E-state index in [9.17, 15) is 4.79 Å². The fourth-order valence-corrected chi connectivity index (χ4v) is 3.05. The standard InChI is InChI=1S/C14H23N5O2/c1-14(3-2-10-21-14)13(20)18-7-4-17(5-8-18)6-9-19-12-15-11-16-19/h11-12H,2-10H2,1H3/t14-/m1/s1. The minimum absolute atomic E-state index is 0.163. The lowest BCUT2D eigenvalue weighted by Crippen LogP contribution is -2.55. The van der Waals surface area contributed by atoms with E-state index in [1.54, 1.807) is 12.7 Å². The lowest BCUT2D eigenvalue weighted by Gasteiger charge is -2.38. The number of amides is 1. The molecule has 3 heterocycles. The Balaban J connectivity index is 1.45. The molecule has 2 aliphatic heterocycles. The van der Waals surface area contributed by atoms with Crippen LogP contribution in [0, 0.1) is 0 Å². The molecule has 0 radical (unpaired) electrons. The van der Waals surface area contributed by atoms with Crippen LogP contribution in [-0.4, -0.2) is 75.4 Å². The van der Waals surface area contributed by atoms with Crippen LogP contribution in [0.1, 0.15) is 19.8 Å². The molecule has 1 amide bonds. The van der Waals surface area contributed by atoms with Gasteiger partial charge in [0, 0.05) is 39.3 Å². The highest BCUT2D eigenvalue weighted by molar-refractivity contribution is 5.85. The smallest absolute Gasteiger partial charge is 0.254 e. The molecule has 7 heteroatoms. The topological polar surface area (TPSA) is 63.5 Å². The summed E-state index contributed by atoms with van der Waals surface area (Å²) in [6.45, 7) is 7.82. The number of piperazine rings is 1. The first-order valence-electron chi connectivity index (χ1n) is 7.65. The molecule has 116 valence electrons. The van der Waals surface area contributed by atoms with Gasteiger partial charge in [-0.2, -0.15) is 5.10 Å². The molecule has 1 aromatic heterocycles. The number of carbonyl (C=O) groups excluding carboxylic acids is 1. The maximum Gasteiger partial charge on any atom is 0.254 e. The van der Waals surface area contributed by atoms with Crippen LogP contribution in [0.15, 0.2) is 12.7 Å². The molecule has 0 spiro atoms. The Kier molecular flexibility index (Phi) is 4.21. The second-order valence-electron chi connectivity index (χ2n) is 5.98. The summed E-state index contributed by atoms with van der Waals surface area (Å²) in [6, 6.07) is 0. The van der Waals surface area contributed by atoms with Gasteiger partial charge in [0.2, 0.25) is 0 Å². The number of aromatic nitrogens is 3. The molecule has 1 aromatic rings. The minimum Gasteiger partial charge on any atom is -0.365 e. The van der Waals surface area contributed by atoms with Crippen molar-refractivity contribution >= 4 is 5.91 Å². The van der Waals surface area contributed by atoms with E-state index in [4.69, 9.17) is 4.74 Å². The maximum atomic E-state index is 12.5. The van der Waals surface area contributed by atoms with E-state index in [2.05, 4.69) is 15.0 Å². The SMILES string of the molecule is C[C@]1(C(=O)N2CCN(CCn3cncn3)CC2)CCCO1. The van der Waals surface area contributed by atoms with Gasteiger partial charge >= 0.3 is 0 Å². The van der Waals surface area contributed by atoms with E-state index in [1.165, 1.54) is 0 Å². The predicted octanol–water partition coefficient (Wildman–Crippen LogP) is -0.00860. The van der Waals surface area contributed by atoms with Crippen LogP contribution in [0.2, 0.25) is 0 Å². The first kappa shape index (κ1) is 14.5. The molecule has 0 aromatic carbocycles. The molecule has 2 saturated heterocycles. The number of hydrogen-bond donors (Lipinski definition) is 0. The Bertz CT molecular complexity index is 462. The van der Waals surface area contributed by atoms with E-state index < -0.39 is 5.60 Å². The summed E-state index contributed by atoms with van der Waals surface area (Å²) in [4.78, 5) is 20.8. The molecule has 0 N–H and O–H groups in total. The normalized spacial score (nSPS) is 27.2. The van der Waals surface area contributed by atoms with Crippen molar-refractivity contribution in [2.75, 3.05) is 39.3 Å². The third-order valence-corrected chi connectivity index (χ3v) is 4.44. The van der Waals surface area contributed by atoms with E-state index in [-0.39, 0.29) is 5.91 Å². The van der Waals surface area contributed by atoms with E-state index in [0.29, 0.717) is 6.61 Å².